The van der Waals surface area contributed by atoms with E-state index in [0.717, 1.165) is 39.4 Å². The lowest BCUT2D eigenvalue weighted by atomic mass is 10.0. The molecule has 1 aromatic rings. The van der Waals surface area contributed by atoms with Gasteiger partial charge in [0, 0.05) is 37.8 Å². The van der Waals surface area contributed by atoms with Crippen LogP contribution in [0.5, 0.6) is 0 Å². The van der Waals surface area contributed by atoms with E-state index in [2.05, 4.69) is 34.5 Å². The summed E-state index contributed by atoms with van der Waals surface area (Å²) in [6, 6.07) is 8.66. The molecule has 2 aliphatic heterocycles. The molecule has 1 atom stereocenters. The molecular formula is C13H18N2O. The fourth-order valence-corrected chi connectivity index (χ4v) is 2.62. The molecule has 2 heterocycles. The van der Waals surface area contributed by atoms with Crippen LogP contribution in [0, 0.1) is 0 Å². The summed E-state index contributed by atoms with van der Waals surface area (Å²) in [5.74, 6) is 0.647. The highest BCUT2D eigenvalue weighted by molar-refractivity contribution is 5.57. The number of ether oxygens (including phenoxy) is 1. The van der Waals surface area contributed by atoms with Gasteiger partial charge in [-0.3, -0.25) is 4.90 Å². The number of benzene rings is 1. The van der Waals surface area contributed by atoms with Gasteiger partial charge in [0.2, 0.25) is 0 Å². The van der Waals surface area contributed by atoms with E-state index in [1.165, 1.54) is 11.3 Å². The molecule has 1 saturated heterocycles. The van der Waals surface area contributed by atoms with E-state index < -0.39 is 0 Å². The summed E-state index contributed by atoms with van der Waals surface area (Å²) in [6.45, 7) is 6.19. The number of rotatable bonds is 2. The summed E-state index contributed by atoms with van der Waals surface area (Å²) in [5.41, 5.74) is 2.80. The van der Waals surface area contributed by atoms with Crippen molar-refractivity contribution in [3.05, 3.63) is 29.8 Å². The number of para-hydroxylation sites is 1. The highest BCUT2D eigenvalue weighted by Crippen LogP contribution is 2.31. The number of morpholine rings is 1. The summed E-state index contributed by atoms with van der Waals surface area (Å²) < 4.78 is 5.38. The molecule has 0 aromatic heterocycles. The smallest absolute Gasteiger partial charge is 0.0594 e. The van der Waals surface area contributed by atoms with E-state index in [9.17, 15) is 0 Å². The molecule has 0 amide bonds. The van der Waals surface area contributed by atoms with Crippen LogP contribution in [-0.2, 0) is 4.74 Å². The highest BCUT2D eigenvalue weighted by atomic mass is 16.5. The molecule has 0 bridgehead atoms. The van der Waals surface area contributed by atoms with Crippen LogP contribution < -0.4 is 5.32 Å². The lowest BCUT2D eigenvalue weighted by Crippen LogP contribution is -2.39. The maximum Gasteiger partial charge on any atom is 0.0594 e. The third kappa shape index (κ3) is 1.93. The van der Waals surface area contributed by atoms with Crippen LogP contribution in [0.2, 0.25) is 0 Å². The van der Waals surface area contributed by atoms with Gasteiger partial charge in [0.05, 0.1) is 13.2 Å². The average Bonchev–Trinajstić information content (AvgIpc) is 2.74. The van der Waals surface area contributed by atoms with Crippen LogP contribution >= 0.6 is 0 Å². The Labute approximate surface area is 96.4 Å². The summed E-state index contributed by atoms with van der Waals surface area (Å²) in [6.07, 6.45) is 0. The summed E-state index contributed by atoms with van der Waals surface area (Å²) in [7, 11) is 0. The Bertz CT molecular complexity index is 361. The molecule has 0 spiro atoms. The first-order chi connectivity index (χ1) is 7.93. The monoisotopic (exact) mass is 218 g/mol. The Kier molecular flexibility index (Phi) is 2.80. The lowest BCUT2D eigenvalue weighted by molar-refractivity contribution is 0.0358. The first kappa shape index (κ1) is 10.1. The standard InChI is InChI=1S/C13H18N2O/c1-2-4-13-12(3-1)11(9-14-13)10-15-5-7-16-8-6-15/h1-4,11,14H,5-10H2/t11-/m0/s1. The van der Waals surface area contributed by atoms with Crippen LogP contribution in [-0.4, -0.2) is 44.3 Å². The van der Waals surface area contributed by atoms with Crippen LogP contribution in [0.4, 0.5) is 5.69 Å². The second-order valence-electron chi connectivity index (χ2n) is 4.58. The summed E-state index contributed by atoms with van der Waals surface area (Å²) in [4.78, 5) is 2.51. The molecule has 1 N–H and O–H groups in total. The van der Waals surface area contributed by atoms with Gasteiger partial charge in [-0.1, -0.05) is 18.2 Å². The van der Waals surface area contributed by atoms with Gasteiger partial charge in [-0.05, 0) is 11.6 Å². The molecule has 86 valence electrons. The quantitative estimate of drug-likeness (QED) is 0.814. The zero-order valence-electron chi connectivity index (χ0n) is 9.48. The summed E-state index contributed by atoms with van der Waals surface area (Å²) >= 11 is 0. The highest BCUT2D eigenvalue weighted by Gasteiger charge is 2.24. The number of hydrogen-bond donors (Lipinski definition) is 1. The van der Waals surface area contributed by atoms with Crippen molar-refractivity contribution in [3.8, 4) is 0 Å². The van der Waals surface area contributed by atoms with Gasteiger partial charge < -0.3 is 10.1 Å². The van der Waals surface area contributed by atoms with Crippen molar-refractivity contribution in [1.82, 2.24) is 4.90 Å². The minimum atomic E-state index is 0.647. The number of hydrogen-bond acceptors (Lipinski definition) is 3. The second-order valence-corrected chi connectivity index (χ2v) is 4.58. The van der Waals surface area contributed by atoms with Crippen molar-refractivity contribution in [2.75, 3.05) is 44.7 Å². The van der Waals surface area contributed by atoms with Gasteiger partial charge >= 0.3 is 0 Å². The SMILES string of the molecule is c1ccc2c(c1)NC[C@H]2CN1CCOCC1. The Hall–Kier alpha value is -1.06. The van der Waals surface area contributed by atoms with Gasteiger partial charge in [-0.15, -0.1) is 0 Å². The van der Waals surface area contributed by atoms with E-state index in [0.29, 0.717) is 5.92 Å². The van der Waals surface area contributed by atoms with E-state index in [1.807, 2.05) is 0 Å². The van der Waals surface area contributed by atoms with Gasteiger partial charge in [-0.2, -0.15) is 0 Å². The van der Waals surface area contributed by atoms with Crippen LogP contribution in [0.25, 0.3) is 0 Å². The average molecular weight is 218 g/mol. The second kappa shape index (κ2) is 4.44. The van der Waals surface area contributed by atoms with Crippen LogP contribution in [0.3, 0.4) is 0 Å². The Morgan fingerprint density at radius 3 is 2.94 bits per heavy atom. The molecule has 16 heavy (non-hydrogen) atoms. The predicted octanol–water partition coefficient (Wildman–Crippen LogP) is 1.53. The number of nitrogens with zero attached hydrogens (tertiary/aromatic N) is 1. The molecule has 0 unspecified atom stereocenters. The maximum atomic E-state index is 5.38. The fourth-order valence-electron chi connectivity index (χ4n) is 2.62. The van der Waals surface area contributed by atoms with Crippen molar-refractivity contribution in [1.29, 1.82) is 0 Å². The maximum absolute atomic E-state index is 5.38. The van der Waals surface area contributed by atoms with E-state index in [-0.39, 0.29) is 0 Å². The normalized spacial score (nSPS) is 25.1. The predicted molar refractivity (Wildman–Crippen MR) is 64.9 cm³/mol. The molecule has 1 aromatic carbocycles. The van der Waals surface area contributed by atoms with Gasteiger partial charge in [0.1, 0.15) is 0 Å². The molecule has 0 saturated carbocycles. The fraction of sp³-hybridized carbons (Fsp3) is 0.538. The van der Waals surface area contributed by atoms with Gasteiger partial charge in [-0.25, -0.2) is 0 Å². The van der Waals surface area contributed by atoms with Crippen molar-refractivity contribution in [2.45, 2.75) is 5.92 Å². The van der Waals surface area contributed by atoms with Crippen molar-refractivity contribution < 1.29 is 4.74 Å². The topological polar surface area (TPSA) is 24.5 Å². The van der Waals surface area contributed by atoms with E-state index in [4.69, 9.17) is 4.74 Å². The van der Waals surface area contributed by atoms with Crippen molar-refractivity contribution >= 4 is 5.69 Å². The van der Waals surface area contributed by atoms with Gasteiger partial charge in [0.15, 0.2) is 0 Å². The number of nitrogens with one attached hydrogen (secondary N) is 1. The lowest BCUT2D eigenvalue weighted by Gasteiger charge is -2.28. The number of fused-ring (bicyclic) bond motifs is 1. The number of anilines is 1. The van der Waals surface area contributed by atoms with Crippen LogP contribution in [0.15, 0.2) is 24.3 Å². The Morgan fingerprint density at radius 1 is 1.25 bits per heavy atom. The molecule has 0 aliphatic carbocycles. The third-order valence-electron chi connectivity index (χ3n) is 3.52. The molecule has 3 rings (SSSR count). The largest absolute Gasteiger partial charge is 0.384 e. The molecule has 1 fully saturated rings. The zero-order chi connectivity index (χ0) is 10.8. The molecule has 2 aliphatic rings. The first-order valence-corrected chi connectivity index (χ1v) is 6.06. The Morgan fingerprint density at radius 2 is 2.06 bits per heavy atom. The molecular weight excluding hydrogens is 200 g/mol. The van der Waals surface area contributed by atoms with E-state index >= 15 is 0 Å². The minimum absolute atomic E-state index is 0.647. The van der Waals surface area contributed by atoms with E-state index in [1.54, 1.807) is 0 Å². The van der Waals surface area contributed by atoms with Crippen LogP contribution in [0.1, 0.15) is 11.5 Å². The minimum Gasteiger partial charge on any atom is -0.384 e. The zero-order valence-corrected chi connectivity index (χ0v) is 9.48. The molecule has 3 heteroatoms. The molecule has 0 radical (unpaired) electrons. The van der Waals surface area contributed by atoms with Crippen molar-refractivity contribution in [2.24, 2.45) is 0 Å². The summed E-state index contributed by atoms with van der Waals surface area (Å²) in [5, 5.41) is 3.48. The van der Waals surface area contributed by atoms with Gasteiger partial charge in [0.25, 0.3) is 0 Å². The third-order valence-corrected chi connectivity index (χ3v) is 3.52. The first-order valence-electron chi connectivity index (χ1n) is 6.06. The Balaban J connectivity index is 1.68. The molecule has 3 nitrogen and oxygen atoms in total. The van der Waals surface area contributed by atoms with Crippen molar-refractivity contribution in [3.63, 3.8) is 0 Å².